The molecule has 1 aromatic rings. The van der Waals surface area contributed by atoms with E-state index in [1.807, 2.05) is 0 Å². The Morgan fingerprint density at radius 1 is 0.700 bits per heavy atom. The number of rotatable bonds is 1. The molecule has 0 saturated heterocycles. The first-order valence-corrected chi connectivity index (χ1v) is 6.35. The zero-order valence-electron chi connectivity index (χ0n) is 13.4. The third-order valence-corrected chi connectivity index (χ3v) is 3.64. The van der Waals surface area contributed by atoms with Gasteiger partial charge < -0.3 is 0 Å². The first-order chi connectivity index (χ1) is 9.20. The van der Waals surface area contributed by atoms with Crippen molar-refractivity contribution in [2.45, 2.75) is 54.4 Å². The van der Waals surface area contributed by atoms with Gasteiger partial charge in [-0.2, -0.15) is 0 Å². The van der Waals surface area contributed by atoms with Crippen molar-refractivity contribution >= 4 is 12.2 Å². The Hall–Kier alpha value is -2.02. The van der Waals surface area contributed by atoms with E-state index < -0.39 is 0 Å². The molecule has 110 valence electrons. The van der Waals surface area contributed by atoms with Gasteiger partial charge in [0.15, 0.2) is 0 Å². The minimum atomic E-state index is 0.632. The van der Waals surface area contributed by atoms with E-state index in [1.165, 1.54) is 27.8 Å². The molecule has 0 aliphatic heterocycles. The fraction of sp³-hybridized carbons (Fsp3) is 0.500. The van der Waals surface area contributed by atoms with Crippen molar-refractivity contribution in [1.82, 2.24) is 0 Å². The van der Waals surface area contributed by atoms with Gasteiger partial charge in [-0.1, -0.05) is 13.8 Å². The van der Waals surface area contributed by atoms with Crippen LogP contribution in [0.5, 0.6) is 0 Å². The lowest BCUT2D eigenvalue weighted by atomic mass is 9.85. The highest BCUT2D eigenvalue weighted by Crippen LogP contribution is 2.30. The van der Waals surface area contributed by atoms with Crippen molar-refractivity contribution in [1.29, 1.82) is 10.8 Å². The minimum Gasteiger partial charge on any atom is -0.222 e. The molecular formula is C16H24N2O2. The largest absolute Gasteiger partial charge is 0.231 e. The van der Waals surface area contributed by atoms with Crippen molar-refractivity contribution in [3.8, 4) is 0 Å². The van der Waals surface area contributed by atoms with E-state index in [2.05, 4.69) is 48.5 Å². The summed E-state index contributed by atoms with van der Waals surface area (Å²) in [7, 11) is 0. The van der Waals surface area contributed by atoms with Crippen LogP contribution in [-0.2, 0) is 9.59 Å². The van der Waals surface area contributed by atoms with Crippen molar-refractivity contribution < 1.29 is 9.59 Å². The van der Waals surface area contributed by atoms with Crippen LogP contribution >= 0.6 is 0 Å². The second-order valence-electron chi connectivity index (χ2n) is 4.90. The quantitative estimate of drug-likeness (QED) is 0.596. The highest BCUT2D eigenvalue weighted by molar-refractivity contribution is 5.50. The van der Waals surface area contributed by atoms with Gasteiger partial charge in [0, 0.05) is 0 Å². The fourth-order valence-corrected chi connectivity index (χ4v) is 2.40. The number of benzene rings is 1. The van der Waals surface area contributed by atoms with E-state index in [0.29, 0.717) is 5.92 Å². The average molecular weight is 276 g/mol. The molecule has 0 radical (unpaired) electrons. The Bertz CT molecular complexity index is 479. The maximum absolute atomic E-state index is 8.35. The van der Waals surface area contributed by atoms with Gasteiger partial charge in [-0.3, -0.25) is 0 Å². The van der Waals surface area contributed by atoms with Gasteiger partial charge in [0.1, 0.15) is 0 Å². The highest BCUT2D eigenvalue weighted by atomic mass is 16.1. The molecule has 0 fully saturated rings. The van der Waals surface area contributed by atoms with E-state index >= 15 is 0 Å². The molecule has 0 bridgehead atoms. The molecule has 4 heteroatoms. The predicted molar refractivity (Wildman–Crippen MR) is 81.0 cm³/mol. The summed E-state index contributed by atoms with van der Waals surface area (Å²) in [6.07, 6.45) is 1.50. The lowest BCUT2D eigenvalue weighted by Crippen LogP contribution is -2.04. The molecule has 0 aromatic heterocycles. The van der Waals surface area contributed by atoms with Crippen molar-refractivity contribution in [2.75, 3.05) is 0 Å². The zero-order valence-corrected chi connectivity index (χ0v) is 13.4. The third-order valence-electron chi connectivity index (χ3n) is 3.64. The Balaban J connectivity index is 0. The lowest BCUT2D eigenvalue weighted by Gasteiger charge is -2.21. The van der Waals surface area contributed by atoms with Crippen LogP contribution in [0.25, 0.3) is 0 Å². The maximum atomic E-state index is 8.35. The third kappa shape index (κ3) is 5.31. The van der Waals surface area contributed by atoms with Crippen LogP contribution in [0.4, 0.5) is 0 Å². The Morgan fingerprint density at radius 3 is 1.10 bits per heavy atom. The van der Waals surface area contributed by atoms with Gasteiger partial charge in [0.05, 0.1) is 0 Å². The second kappa shape index (κ2) is 9.85. The molecule has 0 amide bonds. The van der Waals surface area contributed by atoms with Gasteiger partial charge in [-0.05, 0) is 73.9 Å². The summed E-state index contributed by atoms with van der Waals surface area (Å²) in [6.45, 7) is 15.8. The number of hydrogen-bond acceptors (Lipinski definition) is 4. The molecule has 2 N–H and O–H groups in total. The maximum Gasteiger partial charge on any atom is 0.231 e. The van der Waals surface area contributed by atoms with E-state index in [4.69, 9.17) is 20.4 Å². The van der Waals surface area contributed by atoms with Crippen molar-refractivity contribution in [3.05, 3.63) is 33.4 Å². The van der Waals surface area contributed by atoms with E-state index in [9.17, 15) is 0 Å². The molecule has 0 spiro atoms. The lowest BCUT2D eigenvalue weighted by molar-refractivity contribution is 0.562. The Morgan fingerprint density at radius 2 is 0.900 bits per heavy atom. The predicted octanol–water partition coefficient (Wildman–Crippen LogP) is 4.15. The first-order valence-electron chi connectivity index (χ1n) is 6.35. The summed E-state index contributed by atoms with van der Waals surface area (Å²) >= 11 is 0. The van der Waals surface area contributed by atoms with Crippen LogP contribution in [0.2, 0.25) is 0 Å². The molecule has 20 heavy (non-hydrogen) atoms. The van der Waals surface area contributed by atoms with Crippen molar-refractivity contribution in [3.63, 3.8) is 0 Å². The van der Waals surface area contributed by atoms with Crippen LogP contribution in [-0.4, -0.2) is 12.2 Å². The summed E-state index contributed by atoms with van der Waals surface area (Å²) < 4.78 is 0. The number of carbonyl (C=O) groups excluding carboxylic acids is 2. The summed E-state index contributed by atoms with van der Waals surface area (Å²) in [4.78, 5) is 16.7. The average Bonchev–Trinajstić information content (AvgIpc) is 2.36. The van der Waals surface area contributed by atoms with Gasteiger partial charge in [0.25, 0.3) is 0 Å². The van der Waals surface area contributed by atoms with Crippen LogP contribution in [0.3, 0.4) is 0 Å². The molecular weight excluding hydrogens is 252 g/mol. The second-order valence-corrected chi connectivity index (χ2v) is 4.90. The molecule has 0 unspecified atom stereocenters. The Kier molecular flexibility index (Phi) is 10.00. The van der Waals surface area contributed by atoms with Gasteiger partial charge in [0.2, 0.25) is 12.2 Å². The summed E-state index contributed by atoms with van der Waals surface area (Å²) in [6, 6.07) is 0. The Labute approximate surface area is 121 Å². The number of isocyanates is 2. The molecule has 4 nitrogen and oxygen atoms in total. The summed E-state index contributed by atoms with van der Waals surface area (Å²) in [5.41, 5.74) is 8.92. The van der Waals surface area contributed by atoms with Crippen LogP contribution in [0.15, 0.2) is 0 Å². The number of nitrogens with one attached hydrogen (secondary N) is 2. The summed E-state index contributed by atoms with van der Waals surface area (Å²) in [5.74, 6) is 0.632. The SMILES string of the molecule is Cc1c(C)c(C)c(C(C)C)c(C)c1C.N=C=O.N=C=O. The van der Waals surface area contributed by atoms with E-state index in [1.54, 1.807) is 5.56 Å². The first kappa shape index (κ1) is 20.3. The van der Waals surface area contributed by atoms with Crippen LogP contribution in [0.1, 0.15) is 53.1 Å². The van der Waals surface area contributed by atoms with Gasteiger partial charge in [-0.25, -0.2) is 20.4 Å². The zero-order chi connectivity index (χ0) is 16.5. The topological polar surface area (TPSA) is 81.8 Å². The van der Waals surface area contributed by atoms with Gasteiger partial charge >= 0.3 is 0 Å². The van der Waals surface area contributed by atoms with Crippen LogP contribution in [0, 0.1) is 45.4 Å². The van der Waals surface area contributed by atoms with E-state index in [-0.39, 0.29) is 0 Å². The molecule has 1 aromatic carbocycles. The molecule has 0 atom stereocenters. The molecule has 0 aliphatic carbocycles. The van der Waals surface area contributed by atoms with E-state index in [0.717, 1.165) is 12.2 Å². The fourth-order valence-electron chi connectivity index (χ4n) is 2.40. The smallest absolute Gasteiger partial charge is 0.222 e. The molecule has 1 rings (SSSR count). The summed E-state index contributed by atoms with van der Waals surface area (Å²) in [5, 5.41) is 10.8. The standard InChI is InChI=1S/C14H22.2CHNO/c1-8(2)14-12(6)10(4)9(3)11(5)13(14)7;2*2-1-3/h8H,1-7H3;2*2H. The molecule has 0 saturated carbocycles. The minimum absolute atomic E-state index is 0.632. The normalized spacial score (nSPS) is 8.60. The van der Waals surface area contributed by atoms with Crippen LogP contribution < -0.4 is 0 Å². The van der Waals surface area contributed by atoms with Gasteiger partial charge in [-0.15, -0.1) is 0 Å². The molecule has 0 aliphatic rings. The highest BCUT2D eigenvalue weighted by Gasteiger charge is 2.13. The monoisotopic (exact) mass is 276 g/mol. The number of hydrogen-bond donors (Lipinski definition) is 2. The molecule has 0 heterocycles. The van der Waals surface area contributed by atoms with Crippen molar-refractivity contribution in [2.24, 2.45) is 0 Å².